The molecular formula is C29H28FN5O2. The molecule has 2 fully saturated rings. The number of aromatic nitrogens is 4. The van der Waals surface area contributed by atoms with E-state index in [9.17, 15) is 4.39 Å². The second-order valence-corrected chi connectivity index (χ2v) is 9.79. The molecule has 0 spiro atoms. The smallest absolute Gasteiger partial charge is 0.128 e. The summed E-state index contributed by atoms with van der Waals surface area (Å²) in [7, 11) is 0. The van der Waals surface area contributed by atoms with Crippen LogP contribution in [0.4, 0.5) is 10.2 Å². The maximum atomic E-state index is 13.9. The molecule has 8 heteroatoms. The molecule has 0 radical (unpaired) electrons. The lowest BCUT2D eigenvalue weighted by Gasteiger charge is -2.28. The fourth-order valence-corrected chi connectivity index (χ4v) is 5.79. The predicted octanol–water partition coefficient (Wildman–Crippen LogP) is 5.44. The second kappa shape index (κ2) is 9.28. The molecule has 37 heavy (non-hydrogen) atoms. The molecule has 5 heterocycles. The minimum absolute atomic E-state index is 0.242. The van der Waals surface area contributed by atoms with Crippen molar-refractivity contribution >= 4 is 27.6 Å². The Kier molecular flexibility index (Phi) is 5.63. The molecule has 0 amide bonds. The van der Waals surface area contributed by atoms with Crippen LogP contribution in [0.2, 0.25) is 0 Å². The summed E-state index contributed by atoms with van der Waals surface area (Å²) in [6.07, 6.45) is 5.71. The second-order valence-electron chi connectivity index (χ2n) is 9.79. The zero-order chi connectivity index (χ0) is 24.8. The number of halogens is 1. The lowest BCUT2D eigenvalue weighted by atomic mass is 9.90. The number of morpholine rings is 1. The standard InChI is InChI=1S/C29H28FN5O2/c30-22-2-4-23(5-3-22)35-26-15-21-18-32-33-25(21)16-24(26)28(29(35)19-7-11-36-12-8-19)20-1-6-27(31-17-20)34-9-13-37-14-10-34/h1-6,15-19H,7-14H2,(H,32,33). The molecule has 0 bridgehead atoms. The van der Waals surface area contributed by atoms with Crippen molar-refractivity contribution in [2.24, 2.45) is 0 Å². The maximum Gasteiger partial charge on any atom is 0.128 e. The molecule has 2 saturated heterocycles. The van der Waals surface area contributed by atoms with Gasteiger partial charge in [-0.2, -0.15) is 5.10 Å². The molecule has 7 rings (SSSR count). The van der Waals surface area contributed by atoms with Crippen LogP contribution in [-0.4, -0.2) is 59.3 Å². The van der Waals surface area contributed by atoms with Crippen LogP contribution < -0.4 is 4.90 Å². The number of hydrogen-bond donors (Lipinski definition) is 1. The van der Waals surface area contributed by atoms with Gasteiger partial charge in [-0.25, -0.2) is 9.37 Å². The van der Waals surface area contributed by atoms with E-state index in [1.54, 1.807) is 0 Å². The number of benzene rings is 2. The van der Waals surface area contributed by atoms with Crippen LogP contribution in [0.1, 0.15) is 24.5 Å². The largest absolute Gasteiger partial charge is 0.381 e. The number of anilines is 1. The molecule has 0 atom stereocenters. The normalized spacial score (nSPS) is 17.2. The summed E-state index contributed by atoms with van der Waals surface area (Å²) >= 11 is 0. The Hall–Kier alpha value is -3.75. The summed E-state index contributed by atoms with van der Waals surface area (Å²) in [5.41, 5.74) is 6.48. The Labute approximate surface area is 213 Å². The van der Waals surface area contributed by atoms with Crippen LogP contribution in [0.15, 0.2) is 60.9 Å². The number of rotatable bonds is 4. The van der Waals surface area contributed by atoms with E-state index in [0.717, 1.165) is 91.2 Å². The van der Waals surface area contributed by atoms with Gasteiger partial charge < -0.3 is 18.9 Å². The third-order valence-electron chi connectivity index (χ3n) is 7.63. The third-order valence-corrected chi connectivity index (χ3v) is 7.63. The van der Waals surface area contributed by atoms with Gasteiger partial charge in [-0.3, -0.25) is 5.10 Å². The van der Waals surface area contributed by atoms with Gasteiger partial charge in [0.2, 0.25) is 0 Å². The van der Waals surface area contributed by atoms with Crippen molar-refractivity contribution in [3.8, 4) is 16.8 Å². The monoisotopic (exact) mass is 497 g/mol. The van der Waals surface area contributed by atoms with Gasteiger partial charge in [-0.1, -0.05) is 0 Å². The minimum atomic E-state index is -0.242. The average Bonchev–Trinajstić information content (AvgIpc) is 3.55. The third kappa shape index (κ3) is 3.97. The summed E-state index contributed by atoms with van der Waals surface area (Å²) in [6.45, 7) is 4.61. The van der Waals surface area contributed by atoms with E-state index in [1.165, 1.54) is 23.4 Å². The van der Waals surface area contributed by atoms with Crippen molar-refractivity contribution in [1.29, 1.82) is 0 Å². The molecule has 0 saturated carbocycles. The predicted molar refractivity (Wildman–Crippen MR) is 142 cm³/mol. The highest BCUT2D eigenvalue weighted by Gasteiger charge is 2.28. The fourth-order valence-electron chi connectivity index (χ4n) is 5.79. The van der Waals surface area contributed by atoms with Crippen molar-refractivity contribution in [2.45, 2.75) is 18.8 Å². The summed E-state index contributed by atoms with van der Waals surface area (Å²) in [5, 5.41) is 9.57. The van der Waals surface area contributed by atoms with Gasteiger partial charge in [0.1, 0.15) is 11.6 Å². The molecule has 2 aromatic carbocycles. The van der Waals surface area contributed by atoms with E-state index in [0.29, 0.717) is 5.92 Å². The van der Waals surface area contributed by atoms with E-state index in [-0.39, 0.29) is 5.82 Å². The SMILES string of the molecule is Fc1ccc(-n2c(C3CCOCC3)c(-c3ccc(N4CCOCC4)nc3)c3cc4[nH]ncc4cc32)cc1. The molecule has 7 nitrogen and oxygen atoms in total. The van der Waals surface area contributed by atoms with E-state index in [2.05, 4.69) is 43.9 Å². The Balaban J connectivity index is 1.48. The van der Waals surface area contributed by atoms with Crippen molar-refractivity contribution in [2.75, 3.05) is 44.4 Å². The molecule has 3 aromatic heterocycles. The van der Waals surface area contributed by atoms with Crippen LogP contribution in [0.5, 0.6) is 0 Å². The number of pyridine rings is 1. The maximum absolute atomic E-state index is 13.9. The van der Waals surface area contributed by atoms with Crippen molar-refractivity contribution in [3.63, 3.8) is 0 Å². The molecule has 188 valence electrons. The van der Waals surface area contributed by atoms with Crippen LogP contribution in [0.3, 0.4) is 0 Å². The highest BCUT2D eigenvalue weighted by Crippen LogP contribution is 2.44. The van der Waals surface area contributed by atoms with Gasteiger partial charge in [0.05, 0.1) is 30.4 Å². The lowest BCUT2D eigenvalue weighted by molar-refractivity contribution is 0.0843. The minimum Gasteiger partial charge on any atom is -0.381 e. The summed E-state index contributed by atoms with van der Waals surface area (Å²) < 4.78 is 27.5. The molecule has 5 aromatic rings. The highest BCUT2D eigenvalue weighted by atomic mass is 19.1. The molecular weight excluding hydrogens is 469 g/mol. The Morgan fingerprint density at radius 3 is 2.43 bits per heavy atom. The van der Waals surface area contributed by atoms with Gasteiger partial charge in [-0.15, -0.1) is 0 Å². The number of fused-ring (bicyclic) bond motifs is 2. The zero-order valence-corrected chi connectivity index (χ0v) is 20.5. The molecule has 0 aliphatic carbocycles. The zero-order valence-electron chi connectivity index (χ0n) is 20.5. The van der Waals surface area contributed by atoms with Gasteiger partial charge in [0.25, 0.3) is 0 Å². The summed E-state index contributed by atoms with van der Waals surface area (Å²) in [5.74, 6) is 1.03. The lowest BCUT2D eigenvalue weighted by Crippen LogP contribution is -2.36. The van der Waals surface area contributed by atoms with Gasteiger partial charge in [0.15, 0.2) is 0 Å². The number of nitrogens with zero attached hydrogens (tertiary/aromatic N) is 4. The Morgan fingerprint density at radius 1 is 0.892 bits per heavy atom. The first-order chi connectivity index (χ1) is 18.3. The van der Waals surface area contributed by atoms with Crippen molar-refractivity contribution < 1.29 is 13.9 Å². The van der Waals surface area contributed by atoms with Crippen LogP contribution in [0, 0.1) is 5.82 Å². The van der Waals surface area contributed by atoms with Crippen molar-refractivity contribution in [1.82, 2.24) is 19.7 Å². The van der Waals surface area contributed by atoms with Gasteiger partial charge >= 0.3 is 0 Å². The molecule has 2 aliphatic heterocycles. The first-order valence-corrected chi connectivity index (χ1v) is 12.9. The van der Waals surface area contributed by atoms with E-state index < -0.39 is 0 Å². The number of nitrogens with one attached hydrogen (secondary N) is 1. The topological polar surface area (TPSA) is 68.2 Å². The quantitative estimate of drug-likeness (QED) is 0.358. The summed E-state index contributed by atoms with van der Waals surface area (Å²) in [4.78, 5) is 7.15. The Bertz CT molecular complexity index is 1550. The first-order valence-electron chi connectivity index (χ1n) is 12.9. The summed E-state index contributed by atoms with van der Waals surface area (Å²) in [6, 6.07) is 15.5. The number of H-pyrrole nitrogens is 1. The number of hydrogen-bond acceptors (Lipinski definition) is 5. The van der Waals surface area contributed by atoms with E-state index in [4.69, 9.17) is 14.5 Å². The Morgan fingerprint density at radius 2 is 1.68 bits per heavy atom. The highest BCUT2D eigenvalue weighted by molar-refractivity contribution is 6.05. The average molecular weight is 498 g/mol. The van der Waals surface area contributed by atoms with Gasteiger partial charge in [-0.05, 0) is 61.4 Å². The van der Waals surface area contributed by atoms with E-state index >= 15 is 0 Å². The van der Waals surface area contributed by atoms with Crippen LogP contribution in [0.25, 0.3) is 38.6 Å². The number of ether oxygens (including phenoxy) is 2. The van der Waals surface area contributed by atoms with Crippen LogP contribution in [-0.2, 0) is 9.47 Å². The first kappa shape index (κ1) is 22.4. The molecule has 1 N–H and O–H groups in total. The van der Waals surface area contributed by atoms with Gasteiger partial charge in [0, 0.05) is 71.7 Å². The molecule has 0 unspecified atom stereocenters. The van der Waals surface area contributed by atoms with Crippen LogP contribution >= 0.6 is 0 Å². The van der Waals surface area contributed by atoms with E-state index in [1.807, 2.05) is 24.5 Å². The molecule has 2 aliphatic rings. The van der Waals surface area contributed by atoms with Crippen molar-refractivity contribution in [3.05, 3.63) is 72.4 Å². The number of aromatic amines is 1. The fraction of sp³-hybridized carbons (Fsp3) is 0.310.